The van der Waals surface area contributed by atoms with Gasteiger partial charge in [0.05, 0.1) is 30.6 Å². The number of esters is 1. The van der Waals surface area contributed by atoms with Crippen molar-refractivity contribution < 1.29 is 28.6 Å². The van der Waals surface area contributed by atoms with Crippen LogP contribution in [-0.2, 0) is 19.1 Å². The van der Waals surface area contributed by atoms with Crippen LogP contribution >= 0.6 is 39.0 Å². The molecule has 198 valence electrons. The number of nitrogens with one attached hydrogen (secondary N) is 1. The fraction of sp³-hybridized carbons (Fsp3) is 0.417. The van der Waals surface area contributed by atoms with Crippen molar-refractivity contribution in [2.45, 2.75) is 19.1 Å². The zero-order valence-electron chi connectivity index (χ0n) is 20.0. The standard InChI is InChI=1S/C24H26BrFN4O5S2/c1-2-34-24(33)20-18(11-30-6-7-35-15(10-30)12-36-13-19(31)32)28-22(23-27-5-8-37-23)29-21(20)16-4-3-14(26)9-17(16)25/h3-5,8-9,15,21H,2,6-7,10-13H2,1H3,(H,28,29)(H,31,32)/t15?,21-/m0/s1. The molecule has 2 aliphatic rings. The number of nitrogens with zero attached hydrogens (tertiary/aromatic N) is 3. The van der Waals surface area contributed by atoms with E-state index in [9.17, 15) is 14.0 Å². The van der Waals surface area contributed by atoms with Crippen LogP contribution in [-0.4, -0.2) is 83.2 Å². The first kappa shape index (κ1) is 27.7. The van der Waals surface area contributed by atoms with E-state index in [1.807, 2.05) is 5.38 Å². The highest BCUT2D eigenvalue weighted by atomic mass is 79.9. The van der Waals surface area contributed by atoms with E-state index < -0.39 is 23.8 Å². The van der Waals surface area contributed by atoms with Crippen LogP contribution < -0.4 is 5.32 Å². The minimum Gasteiger partial charge on any atom is -0.481 e. The molecule has 0 radical (unpaired) electrons. The van der Waals surface area contributed by atoms with Crippen molar-refractivity contribution in [3.8, 4) is 0 Å². The highest BCUT2D eigenvalue weighted by Crippen LogP contribution is 2.37. The maximum Gasteiger partial charge on any atom is 0.338 e. The summed E-state index contributed by atoms with van der Waals surface area (Å²) in [5.41, 5.74) is 1.60. The Bertz CT molecular complexity index is 1190. The summed E-state index contributed by atoms with van der Waals surface area (Å²) >= 11 is 6.17. The Hall–Kier alpha value is -2.32. The second kappa shape index (κ2) is 13.0. The lowest BCUT2D eigenvalue weighted by Crippen LogP contribution is -2.47. The summed E-state index contributed by atoms with van der Waals surface area (Å²) in [5, 5.41) is 14.7. The molecule has 1 fully saturated rings. The van der Waals surface area contributed by atoms with Gasteiger partial charge in [-0.2, -0.15) is 0 Å². The molecule has 0 aliphatic carbocycles. The summed E-state index contributed by atoms with van der Waals surface area (Å²) in [4.78, 5) is 35.5. The van der Waals surface area contributed by atoms with Gasteiger partial charge in [-0.1, -0.05) is 22.0 Å². The van der Waals surface area contributed by atoms with Crippen LogP contribution in [0.5, 0.6) is 0 Å². The fourth-order valence-electron chi connectivity index (χ4n) is 4.09. The number of carboxylic acid groups (broad SMARTS) is 1. The maximum absolute atomic E-state index is 13.9. The second-order valence-electron chi connectivity index (χ2n) is 8.26. The molecule has 2 N–H and O–H groups in total. The molecule has 0 spiro atoms. The Kier molecular flexibility index (Phi) is 9.71. The number of ether oxygens (including phenoxy) is 2. The van der Waals surface area contributed by atoms with Crippen LogP contribution in [0.2, 0.25) is 0 Å². The quantitative estimate of drug-likeness (QED) is 0.389. The molecule has 2 aliphatic heterocycles. The summed E-state index contributed by atoms with van der Waals surface area (Å²) in [6.07, 6.45) is 1.54. The maximum atomic E-state index is 13.9. The van der Waals surface area contributed by atoms with Crippen molar-refractivity contribution in [2.24, 2.45) is 4.99 Å². The van der Waals surface area contributed by atoms with Gasteiger partial charge in [0.15, 0.2) is 10.8 Å². The summed E-state index contributed by atoms with van der Waals surface area (Å²) in [6, 6.07) is 3.55. The predicted octanol–water partition coefficient (Wildman–Crippen LogP) is 3.47. The molecule has 1 aromatic carbocycles. The minimum absolute atomic E-state index is 0.0153. The number of hydrogen-bond donors (Lipinski definition) is 2. The lowest BCUT2D eigenvalue weighted by Gasteiger charge is -2.35. The molecule has 13 heteroatoms. The average molecular weight is 614 g/mol. The predicted molar refractivity (Wildman–Crippen MR) is 143 cm³/mol. The Labute approximate surface area is 230 Å². The molecule has 2 aromatic rings. The first-order chi connectivity index (χ1) is 17.9. The third-order valence-electron chi connectivity index (χ3n) is 5.65. The Morgan fingerprint density at radius 1 is 1.43 bits per heavy atom. The van der Waals surface area contributed by atoms with E-state index in [0.717, 1.165) is 0 Å². The van der Waals surface area contributed by atoms with Gasteiger partial charge in [-0.25, -0.2) is 14.2 Å². The van der Waals surface area contributed by atoms with Gasteiger partial charge in [0.2, 0.25) is 0 Å². The Balaban J connectivity index is 1.68. The molecule has 1 unspecified atom stereocenters. The van der Waals surface area contributed by atoms with Gasteiger partial charge in [-0.3, -0.25) is 14.7 Å². The van der Waals surface area contributed by atoms with E-state index in [1.54, 1.807) is 19.2 Å². The average Bonchev–Trinajstić information content (AvgIpc) is 3.39. The topological polar surface area (TPSA) is 113 Å². The monoisotopic (exact) mass is 612 g/mol. The number of aliphatic carboxylic acids is 1. The minimum atomic E-state index is -0.861. The van der Waals surface area contributed by atoms with Crippen LogP contribution in [0, 0.1) is 5.82 Å². The number of amidine groups is 1. The van der Waals surface area contributed by atoms with Crippen molar-refractivity contribution >= 4 is 56.8 Å². The number of aliphatic imine (C=N–C) groups is 1. The number of hydrogen-bond acceptors (Lipinski definition) is 10. The fourth-order valence-corrected chi connectivity index (χ4v) is 6.01. The molecule has 2 atom stereocenters. The number of carbonyl (C=O) groups is 2. The normalized spacial score (nSPS) is 20.4. The molecule has 0 bridgehead atoms. The Morgan fingerprint density at radius 2 is 2.27 bits per heavy atom. The molecule has 37 heavy (non-hydrogen) atoms. The number of halogens is 2. The third kappa shape index (κ3) is 7.17. The van der Waals surface area contributed by atoms with E-state index in [2.05, 4.69) is 31.1 Å². The highest BCUT2D eigenvalue weighted by molar-refractivity contribution is 9.10. The molecular formula is C24H26BrFN4O5S2. The van der Waals surface area contributed by atoms with Gasteiger partial charge in [-0.15, -0.1) is 23.1 Å². The van der Waals surface area contributed by atoms with Crippen LogP contribution in [0.4, 0.5) is 4.39 Å². The molecule has 0 amide bonds. The zero-order valence-corrected chi connectivity index (χ0v) is 23.2. The SMILES string of the molecule is CCOC(=O)C1=C(CN2CCOC(CSCC(=O)O)C2)NC(c2nccs2)=N[C@H]1c1ccc(F)cc1Br. The number of carboxylic acids is 1. The van der Waals surface area contributed by atoms with E-state index in [-0.39, 0.29) is 18.5 Å². The molecule has 1 aromatic heterocycles. The van der Waals surface area contributed by atoms with Gasteiger partial charge >= 0.3 is 11.9 Å². The summed E-state index contributed by atoms with van der Waals surface area (Å²) in [7, 11) is 0. The van der Waals surface area contributed by atoms with Gasteiger partial charge in [0.1, 0.15) is 11.9 Å². The van der Waals surface area contributed by atoms with Gasteiger partial charge in [-0.05, 0) is 24.6 Å². The van der Waals surface area contributed by atoms with Gasteiger partial charge < -0.3 is 19.9 Å². The van der Waals surface area contributed by atoms with Crippen LogP contribution in [0.15, 0.2) is 50.5 Å². The van der Waals surface area contributed by atoms with Crippen LogP contribution in [0.1, 0.15) is 23.5 Å². The summed E-state index contributed by atoms with van der Waals surface area (Å²) in [6.45, 7) is 4.01. The number of thiazole rings is 1. The number of benzene rings is 1. The van der Waals surface area contributed by atoms with Crippen LogP contribution in [0.25, 0.3) is 0 Å². The molecule has 3 heterocycles. The Morgan fingerprint density at radius 3 is 2.97 bits per heavy atom. The second-order valence-corrected chi connectivity index (χ2v) is 11.0. The highest BCUT2D eigenvalue weighted by Gasteiger charge is 2.35. The lowest BCUT2D eigenvalue weighted by molar-refractivity contribution is -0.139. The largest absolute Gasteiger partial charge is 0.481 e. The number of aromatic nitrogens is 1. The van der Waals surface area contributed by atoms with Crippen molar-refractivity contribution in [1.82, 2.24) is 15.2 Å². The summed E-state index contributed by atoms with van der Waals surface area (Å²) < 4.78 is 25.7. The first-order valence-electron chi connectivity index (χ1n) is 11.6. The molecule has 9 nitrogen and oxygen atoms in total. The van der Waals surface area contributed by atoms with Crippen LogP contribution in [0.3, 0.4) is 0 Å². The molecule has 1 saturated heterocycles. The van der Waals surface area contributed by atoms with E-state index in [0.29, 0.717) is 64.1 Å². The van der Waals surface area contributed by atoms with E-state index >= 15 is 0 Å². The zero-order chi connectivity index (χ0) is 26.4. The van der Waals surface area contributed by atoms with Gasteiger partial charge in [0.25, 0.3) is 0 Å². The number of thioether (sulfide) groups is 1. The first-order valence-corrected chi connectivity index (χ1v) is 14.4. The van der Waals surface area contributed by atoms with Crippen molar-refractivity contribution in [3.05, 3.63) is 61.9 Å². The smallest absolute Gasteiger partial charge is 0.338 e. The number of morpholine rings is 1. The van der Waals surface area contributed by atoms with Crippen molar-refractivity contribution in [2.75, 3.05) is 44.4 Å². The van der Waals surface area contributed by atoms with Gasteiger partial charge in [0, 0.05) is 47.1 Å². The molecule has 0 saturated carbocycles. The molecule has 4 rings (SSSR count). The van der Waals surface area contributed by atoms with Crippen molar-refractivity contribution in [1.29, 1.82) is 0 Å². The number of carbonyl (C=O) groups excluding carboxylic acids is 1. The number of rotatable bonds is 10. The van der Waals surface area contributed by atoms with E-state index in [4.69, 9.17) is 19.6 Å². The van der Waals surface area contributed by atoms with E-state index in [1.165, 1.54) is 35.2 Å². The summed E-state index contributed by atoms with van der Waals surface area (Å²) in [5.74, 6) is -0.689. The third-order valence-corrected chi connectivity index (χ3v) is 8.17. The van der Waals surface area contributed by atoms with Crippen molar-refractivity contribution in [3.63, 3.8) is 0 Å². The molecular weight excluding hydrogens is 587 g/mol. The lowest BCUT2D eigenvalue weighted by atomic mass is 9.95.